The van der Waals surface area contributed by atoms with E-state index in [1.54, 1.807) is 6.20 Å². The molecular weight excluding hydrogens is 360 g/mol. The summed E-state index contributed by atoms with van der Waals surface area (Å²) < 4.78 is 1.14. The van der Waals surface area contributed by atoms with Gasteiger partial charge in [-0.1, -0.05) is 18.2 Å². The Hall–Kier alpha value is -3.26. The lowest BCUT2D eigenvalue weighted by atomic mass is 9.75. The summed E-state index contributed by atoms with van der Waals surface area (Å²) in [6.07, 6.45) is 3.86. The number of rotatable bonds is 5. The highest BCUT2D eigenvalue weighted by atomic mass is 16.3. The molecule has 0 radical (unpaired) electrons. The van der Waals surface area contributed by atoms with Crippen LogP contribution in [-0.4, -0.2) is 31.7 Å². The summed E-state index contributed by atoms with van der Waals surface area (Å²) in [6.45, 7) is -0.206. The minimum Gasteiger partial charge on any atom is -0.393 e. The summed E-state index contributed by atoms with van der Waals surface area (Å²) >= 11 is 0. The van der Waals surface area contributed by atoms with Crippen LogP contribution in [0.4, 0.5) is 0 Å². The number of aromatic nitrogens is 3. The van der Waals surface area contributed by atoms with Crippen molar-refractivity contribution >= 4 is 16.8 Å². The molecule has 1 atom stereocenters. The third kappa shape index (κ3) is 3.72. The fraction of sp³-hybridized carbons (Fsp3) is 0.300. The maximum Gasteiger partial charge on any atom is 0.328 e. The fourth-order valence-electron chi connectivity index (χ4n) is 3.58. The number of hydrogen-bond donors (Lipinski definition) is 3. The molecule has 2 aromatic heterocycles. The predicted octanol–water partition coefficient (Wildman–Crippen LogP) is 0.713. The fourth-order valence-corrected chi connectivity index (χ4v) is 3.58. The number of fused-ring (bicyclic) bond motifs is 1. The number of H-pyrrole nitrogens is 1. The number of carbonyl (C=O) groups excluding carboxylic acids is 1. The molecule has 0 saturated heterocycles. The van der Waals surface area contributed by atoms with E-state index in [-0.39, 0.29) is 30.5 Å². The molecule has 1 amide bonds. The van der Waals surface area contributed by atoms with Crippen LogP contribution in [0.2, 0.25) is 0 Å². The van der Waals surface area contributed by atoms with Crippen LogP contribution < -0.4 is 16.6 Å². The van der Waals surface area contributed by atoms with Gasteiger partial charge in [0.25, 0.3) is 5.56 Å². The molecule has 1 aliphatic carbocycles. The molecule has 8 heteroatoms. The lowest BCUT2D eigenvalue weighted by Crippen LogP contribution is -2.43. The summed E-state index contributed by atoms with van der Waals surface area (Å²) in [5.74, 6) is -0.261. The molecule has 1 fully saturated rings. The van der Waals surface area contributed by atoms with Crippen molar-refractivity contribution < 1.29 is 9.90 Å². The molecule has 0 bridgehead atoms. The van der Waals surface area contributed by atoms with Gasteiger partial charge in [0.2, 0.25) is 5.91 Å². The number of nitrogens with one attached hydrogen (secondary N) is 2. The van der Waals surface area contributed by atoms with Crippen molar-refractivity contribution in [3.8, 4) is 0 Å². The molecule has 1 aromatic carbocycles. The van der Waals surface area contributed by atoms with E-state index in [9.17, 15) is 19.5 Å². The highest BCUT2D eigenvalue weighted by Gasteiger charge is 2.36. The monoisotopic (exact) mass is 380 g/mol. The Morgan fingerprint density at radius 3 is 2.82 bits per heavy atom. The number of amides is 1. The molecular formula is C20H20N4O4. The van der Waals surface area contributed by atoms with Gasteiger partial charge in [0, 0.05) is 23.8 Å². The average Bonchev–Trinajstić information content (AvgIpc) is 2.66. The lowest BCUT2D eigenvalue weighted by Gasteiger charge is -2.38. The summed E-state index contributed by atoms with van der Waals surface area (Å²) in [5, 5.41) is 13.6. The van der Waals surface area contributed by atoms with E-state index in [0.717, 1.165) is 21.0 Å². The number of benzene rings is 1. The number of aliphatic hydroxyl groups excluding tert-OH is 1. The Bertz CT molecular complexity index is 1130. The van der Waals surface area contributed by atoms with Gasteiger partial charge in [-0.2, -0.15) is 0 Å². The highest BCUT2D eigenvalue weighted by molar-refractivity contribution is 5.79. The van der Waals surface area contributed by atoms with E-state index in [2.05, 4.69) is 15.3 Å². The first-order valence-electron chi connectivity index (χ1n) is 9.11. The molecule has 1 aliphatic rings. The third-order valence-corrected chi connectivity index (χ3v) is 5.12. The summed E-state index contributed by atoms with van der Waals surface area (Å²) in [6, 6.07) is 10.6. The van der Waals surface area contributed by atoms with Gasteiger partial charge in [-0.05, 0) is 36.5 Å². The SMILES string of the molecule is O=C(Cn1ccc(=O)[nH]c1=O)NC(c1cnc2ccccc2c1)C1CC(O)C1. The van der Waals surface area contributed by atoms with Crippen molar-refractivity contribution in [1.82, 2.24) is 19.9 Å². The van der Waals surface area contributed by atoms with Crippen molar-refractivity contribution in [2.24, 2.45) is 5.92 Å². The molecule has 0 spiro atoms. The van der Waals surface area contributed by atoms with Gasteiger partial charge in [0.05, 0.1) is 17.7 Å². The Balaban J connectivity index is 1.58. The normalized spacial score (nSPS) is 19.8. The van der Waals surface area contributed by atoms with Gasteiger partial charge in [0.1, 0.15) is 6.54 Å². The predicted molar refractivity (Wildman–Crippen MR) is 103 cm³/mol. The van der Waals surface area contributed by atoms with Crippen molar-refractivity contribution in [3.63, 3.8) is 0 Å². The van der Waals surface area contributed by atoms with Crippen molar-refractivity contribution in [3.05, 3.63) is 75.2 Å². The second-order valence-corrected chi connectivity index (χ2v) is 7.13. The molecule has 28 heavy (non-hydrogen) atoms. The quantitative estimate of drug-likeness (QED) is 0.603. The zero-order valence-electron chi connectivity index (χ0n) is 15.0. The average molecular weight is 380 g/mol. The van der Waals surface area contributed by atoms with Crippen LogP contribution in [-0.2, 0) is 11.3 Å². The minimum atomic E-state index is -0.634. The van der Waals surface area contributed by atoms with Crippen LogP contribution >= 0.6 is 0 Å². The Morgan fingerprint density at radius 2 is 2.07 bits per heavy atom. The lowest BCUT2D eigenvalue weighted by molar-refractivity contribution is -0.123. The molecule has 3 aromatic rings. The molecule has 1 unspecified atom stereocenters. The second-order valence-electron chi connectivity index (χ2n) is 7.13. The molecule has 144 valence electrons. The topological polar surface area (TPSA) is 117 Å². The van der Waals surface area contributed by atoms with E-state index in [0.29, 0.717) is 12.8 Å². The number of hydrogen-bond acceptors (Lipinski definition) is 5. The second kappa shape index (κ2) is 7.40. The Morgan fingerprint density at radius 1 is 1.29 bits per heavy atom. The van der Waals surface area contributed by atoms with Crippen LogP contribution in [0.5, 0.6) is 0 Å². The Kier molecular flexibility index (Phi) is 4.79. The van der Waals surface area contributed by atoms with E-state index in [1.807, 2.05) is 30.3 Å². The first kappa shape index (κ1) is 18.1. The van der Waals surface area contributed by atoms with Crippen LogP contribution in [0, 0.1) is 5.92 Å². The largest absolute Gasteiger partial charge is 0.393 e. The standard InChI is InChI=1S/C20H20N4O4/c25-15-8-13(9-15)19(14-7-12-3-1-2-4-16(12)21-10-14)22-18(27)11-24-6-5-17(26)23-20(24)28/h1-7,10,13,15,19,25H,8-9,11H2,(H,22,27)(H,23,26,28). The molecule has 0 aliphatic heterocycles. The zero-order valence-corrected chi connectivity index (χ0v) is 15.0. The van der Waals surface area contributed by atoms with Crippen LogP contribution in [0.3, 0.4) is 0 Å². The van der Waals surface area contributed by atoms with E-state index >= 15 is 0 Å². The van der Waals surface area contributed by atoms with Gasteiger partial charge in [-0.15, -0.1) is 0 Å². The first-order chi connectivity index (χ1) is 13.5. The summed E-state index contributed by atoms with van der Waals surface area (Å²) in [4.78, 5) is 42.1. The van der Waals surface area contributed by atoms with Crippen molar-refractivity contribution in [2.75, 3.05) is 0 Å². The number of nitrogens with zero attached hydrogens (tertiary/aromatic N) is 2. The number of aliphatic hydroxyl groups is 1. The molecule has 2 heterocycles. The van der Waals surface area contributed by atoms with Crippen LogP contribution in [0.1, 0.15) is 24.4 Å². The van der Waals surface area contributed by atoms with Gasteiger partial charge in [-0.25, -0.2) is 4.79 Å². The van der Waals surface area contributed by atoms with E-state index in [4.69, 9.17) is 0 Å². The number of pyridine rings is 1. The zero-order chi connectivity index (χ0) is 19.7. The van der Waals surface area contributed by atoms with Crippen molar-refractivity contribution in [2.45, 2.75) is 31.5 Å². The molecule has 4 rings (SSSR count). The Labute approximate surface area is 159 Å². The third-order valence-electron chi connectivity index (χ3n) is 5.12. The number of aromatic amines is 1. The molecule has 8 nitrogen and oxygen atoms in total. The number of carbonyl (C=O) groups is 1. The van der Waals surface area contributed by atoms with Crippen LogP contribution in [0.15, 0.2) is 58.4 Å². The smallest absolute Gasteiger partial charge is 0.328 e. The summed E-state index contributed by atoms with van der Waals surface area (Å²) in [7, 11) is 0. The van der Waals surface area contributed by atoms with Crippen molar-refractivity contribution in [1.29, 1.82) is 0 Å². The van der Waals surface area contributed by atoms with E-state index < -0.39 is 11.2 Å². The minimum absolute atomic E-state index is 0.0919. The number of para-hydroxylation sites is 1. The van der Waals surface area contributed by atoms with Crippen LogP contribution in [0.25, 0.3) is 10.9 Å². The summed E-state index contributed by atoms with van der Waals surface area (Å²) in [5.41, 5.74) is 0.582. The molecule has 1 saturated carbocycles. The molecule has 3 N–H and O–H groups in total. The maximum atomic E-state index is 12.6. The highest BCUT2D eigenvalue weighted by Crippen LogP contribution is 2.38. The first-order valence-corrected chi connectivity index (χ1v) is 9.11. The van der Waals surface area contributed by atoms with Gasteiger partial charge < -0.3 is 10.4 Å². The van der Waals surface area contributed by atoms with Gasteiger partial charge in [-0.3, -0.25) is 24.1 Å². The maximum absolute atomic E-state index is 12.6. The van der Waals surface area contributed by atoms with E-state index in [1.165, 1.54) is 12.3 Å². The van der Waals surface area contributed by atoms with Gasteiger partial charge in [0.15, 0.2) is 0 Å². The van der Waals surface area contributed by atoms with Gasteiger partial charge >= 0.3 is 5.69 Å².